The van der Waals surface area contributed by atoms with E-state index in [4.69, 9.17) is 14.5 Å². The fraction of sp³-hybridized carbons (Fsp3) is 0.481. The number of carbonyl (C=O) groups excluding carboxylic acids is 2. The zero-order chi connectivity index (χ0) is 25.8. The monoisotopic (exact) mass is 515 g/mol. The lowest BCUT2D eigenvalue weighted by Gasteiger charge is -2.46. The van der Waals surface area contributed by atoms with Crippen molar-refractivity contribution in [2.24, 2.45) is 0 Å². The number of aromatic nitrogens is 5. The van der Waals surface area contributed by atoms with Crippen molar-refractivity contribution in [3.05, 3.63) is 64.6 Å². The van der Waals surface area contributed by atoms with Crippen molar-refractivity contribution < 1.29 is 19.1 Å². The van der Waals surface area contributed by atoms with Gasteiger partial charge in [0.2, 0.25) is 5.91 Å². The number of morpholine rings is 1. The molecule has 3 aromatic rings. The number of esters is 1. The van der Waals surface area contributed by atoms with Gasteiger partial charge in [-0.15, -0.1) is 5.10 Å². The van der Waals surface area contributed by atoms with E-state index in [-0.39, 0.29) is 36.0 Å². The topological polar surface area (TPSA) is 116 Å². The van der Waals surface area contributed by atoms with Gasteiger partial charge in [0, 0.05) is 38.3 Å². The molecule has 196 valence electrons. The molecule has 0 saturated carbocycles. The summed E-state index contributed by atoms with van der Waals surface area (Å²) in [6, 6.07) is 10.0. The van der Waals surface area contributed by atoms with Crippen molar-refractivity contribution in [3.63, 3.8) is 0 Å². The minimum atomic E-state index is -0.246. The summed E-state index contributed by atoms with van der Waals surface area (Å²) < 4.78 is 13.2. The molecule has 1 amide bonds. The summed E-state index contributed by atoms with van der Waals surface area (Å²) in [6.45, 7) is 5.47. The van der Waals surface area contributed by atoms with E-state index in [9.17, 15) is 9.59 Å². The number of cyclic esters (lactones) is 1. The Balaban J connectivity index is 1.01. The second-order valence-electron chi connectivity index (χ2n) is 10.6. The molecule has 4 aliphatic rings. The number of ether oxygens (including phenoxy) is 2. The van der Waals surface area contributed by atoms with E-state index in [1.54, 1.807) is 0 Å². The molecule has 0 radical (unpaired) electrons. The van der Waals surface area contributed by atoms with E-state index in [2.05, 4.69) is 26.5 Å². The number of rotatable bonds is 3. The van der Waals surface area contributed by atoms with Crippen LogP contribution in [0.1, 0.15) is 58.1 Å². The van der Waals surface area contributed by atoms with Crippen LogP contribution in [0.5, 0.6) is 0 Å². The summed E-state index contributed by atoms with van der Waals surface area (Å²) in [5, 5.41) is 11.3. The molecule has 0 bridgehead atoms. The van der Waals surface area contributed by atoms with Gasteiger partial charge < -0.3 is 14.4 Å². The highest BCUT2D eigenvalue weighted by Crippen LogP contribution is 2.35. The first-order chi connectivity index (χ1) is 18.5. The molecule has 2 fully saturated rings. The van der Waals surface area contributed by atoms with Crippen molar-refractivity contribution in [3.8, 4) is 5.82 Å². The molecule has 38 heavy (non-hydrogen) atoms. The number of pyridine rings is 1. The molecule has 1 aromatic carbocycles. The third-order valence-corrected chi connectivity index (χ3v) is 8.26. The van der Waals surface area contributed by atoms with Gasteiger partial charge in [-0.25, -0.2) is 9.78 Å². The van der Waals surface area contributed by atoms with E-state index >= 15 is 0 Å². The molecule has 7 rings (SSSR count). The molecular formula is C27H29N7O4. The number of piperazine rings is 1. The lowest BCUT2D eigenvalue weighted by molar-refractivity contribution is -0.141. The van der Waals surface area contributed by atoms with Gasteiger partial charge in [-0.3, -0.25) is 9.69 Å². The molecule has 2 saturated heterocycles. The Morgan fingerprint density at radius 3 is 2.92 bits per heavy atom. The maximum Gasteiger partial charge on any atom is 0.338 e. The fourth-order valence-corrected chi connectivity index (χ4v) is 6.29. The van der Waals surface area contributed by atoms with Gasteiger partial charge in [-0.05, 0) is 59.0 Å². The zero-order valence-electron chi connectivity index (χ0n) is 21.2. The Bertz CT molecular complexity index is 1390. The normalized spacial score (nSPS) is 26.9. The quantitative estimate of drug-likeness (QED) is 0.478. The van der Waals surface area contributed by atoms with Crippen LogP contribution in [0, 0.1) is 0 Å². The molecule has 2 aromatic heterocycles. The maximum atomic E-state index is 13.6. The number of nitrogens with zero attached hydrogens (tertiary/aromatic N) is 7. The summed E-state index contributed by atoms with van der Waals surface area (Å²) in [7, 11) is 0. The molecule has 4 atom stereocenters. The van der Waals surface area contributed by atoms with Gasteiger partial charge in [-0.1, -0.05) is 18.2 Å². The molecule has 3 aliphatic heterocycles. The maximum absolute atomic E-state index is 13.6. The second-order valence-corrected chi connectivity index (χ2v) is 10.6. The minimum Gasteiger partial charge on any atom is -0.459 e. The highest BCUT2D eigenvalue weighted by molar-refractivity contribution is 5.92. The number of benzene rings is 1. The highest BCUT2D eigenvalue weighted by Gasteiger charge is 2.39. The Hall–Kier alpha value is -3.70. The van der Waals surface area contributed by atoms with Gasteiger partial charge in [0.15, 0.2) is 5.82 Å². The van der Waals surface area contributed by atoms with E-state index in [0.717, 1.165) is 54.7 Å². The van der Waals surface area contributed by atoms with Gasteiger partial charge in [0.1, 0.15) is 12.4 Å². The molecular weight excluding hydrogens is 486 g/mol. The predicted octanol–water partition coefficient (Wildman–Crippen LogP) is 1.47. The summed E-state index contributed by atoms with van der Waals surface area (Å²) in [6.07, 6.45) is 3.63. The summed E-state index contributed by atoms with van der Waals surface area (Å²) in [5.74, 6) is 0.439. The largest absolute Gasteiger partial charge is 0.459 e. The average molecular weight is 516 g/mol. The van der Waals surface area contributed by atoms with Gasteiger partial charge in [-0.2, -0.15) is 4.68 Å². The van der Waals surface area contributed by atoms with Gasteiger partial charge in [0.05, 0.1) is 30.2 Å². The number of fused-ring (bicyclic) bond motifs is 3. The number of aryl methyl sites for hydroxylation is 1. The molecule has 0 spiro atoms. The first-order valence-corrected chi connectivity index (χ1v) is 13.2. The molecule has 1 aliphatic carbocycles. The standard InChI is InChI=1S/C27H29N7O4/c1-16-10-18-11-17(2-3-20(18)27(36)38-16)24-13-32-8-9-33(12-19(32)14-37-24)26(35)22-4-6-23-21(22)5-7-25(29-23)34-15-28-30-31-34/h2-3,5,7,11,15-16,19,22,24H,4,6,8-10,12-14H2,1H3/t16-,19?,22?,24+/m0/s1. The van der Waals surface area contributed by atoms with Crippen LogP contribution in [0.25, 0.3) is 5.82 Å². The van der Waals surface area contributed by atoms with Crippen LogP contribution in [0.15, 0.2) is 36.7 Å². The van der Waals surface area contributed by atoms with Gasteiger partial charge in [0.25, 0.3) is 0 Å². The molecule has 0 N–H and O–H groups in total. The average Bonchev–Trinajstić information content (AvgIpc) is 3.62. The van der Waals surface area contributed by atoms with Crippen molar-refractivity contribution in [2.75, 3.05) is 32.8 Å². The zero-order valence-corrected chi connectivity index (χ0v) is 21.2. The van der Waals surface area contributed by atoms with Crippen LogP contribution in [0.2, 0.25) is 0 Å². The third kappa shape index (κ3) is 4.06. The Kier molecular flexibility index (Phi) is 5.70. The van der Waals surface area contributed by atoms with Gasteiger partial charge >= 0.3 is 5.97 Å². The number of amides is 1. The van der Waals surface area contributed by atoms with Crippen LogP contribution < -0.4 is 0 Å². The van der Waals surface area contributed by atoms with E-state index < -0.39 is 0 Å². The first-order valence-electron chi connectivity index (χ1n) is 13.2. The molecule has 5 heterocycles. The Labute approximate surface area is 219 Å². The number of hydrogen-bond donors (Lipinski definition) is 0. The number of hydrogen-bond acceptors (Lipinski definition) is 9. The van der Waals surface area contributed by atoms with E-state index in [1.807, 2.05) is 36.1 Å². The third-order valence-electron chi connectivity index (χ3n) is 8.26. The second kappa shape index (κ2) is 9.25. The SMILES string of the molecule is C[C@H]1Cc2cc([C@H]3CN4CCN(C(=O)C5CCc6nc(-n7cnnn7)ccc65)CC4CO3)ccc2C(=O)O1. The summed E-state index contributed by atoms with van der Waals surface area (Å²) in [4.78, 5) is 34.9. The predicted molar refractivity (Wildman–Crippen MR) is 134 cm³/mol. The lowest BCUT2D eigenvalue weighted by atomic mass is 9.94. The molecule has 11 heteroatoms. The van der Waals surface area contributed by atoms with Crippen LogP contribution in [0.3, 0.4) is 0 Å². The number of tetrazole rings is 1. The summed E-state index contributed by atoms with van der Waals surface area (Å²) in [5.41, 5.74) is 4.75. The highest BCUT2D eigenvalue weighted by atomic mass is 16.5. The van der Waals surface area contributed by atoms with Crippen LogP contribution in [-0.2, 0) is 27.1 Å². The molecule has 11 nitrogen and oxygen atoms in total. The van der Waals surface area contributed by atoms with Crippen molar-refractivity contribution in [1.29, 1.82) is 0 Å². The first kappa shape index (κ1) is 23.4. The fourth-order valence-electron chi connectivity index (χ4n) is 6.29. The minimum absolute atomic E-state index is 0.0470. The van der Waals surface area contributed by atoms with Crippen LogP contribution in [0.4, 0.5) is 0 Å². The Morgan fingerprint density at radius 2 is 2.05 bits per heavy atom. The molecule has 2 unspecified atom stereocenters. The smallest absolute Gasteiger partial charge is 0.338 e. The summed E-state index contributed by atoms with van der Waals surface area (Å²) >= 11 is 0. The Morgan fingerprint density at radius 1 is 1.13 bits per heavy atom. The van der Waals surface area contributed by atoms with Crippen LogP contribution in [-0.4, -0.2) is 91.8 Å². The lowest BCUT2D eigenvalue weighted by Crippen LogP contribution is -2.60. The van der Waals surface area contributed by atoms with E-state index in [1.165, 1.54) is 11.0 Å². The van der Waals surface area contributed by atoms with E-state index in [0.29, 0.717) is 31.1 Å². The number of carbonyl (C=O) groups is 2. The van der Waals surface area contributed by atoms with Crippen molar-refractivity contribution in [1.82, 2.24) is 35.0 Å². The van der Waals surface area contributed by atoms with Crippen molar-refractivity contribution >= 4 is 11.9 Å². The van der Waals surface area contributed by atoms with Crippen LogP contribution >= 0.6 is 0 Å². The van der Waals surface area contributed by atoms with Crippen molar-refractivity contribution in [2.45, 2.75) is 50.4 Å².